The Labute approximate surface area is 186 Å². The van der Waals surface area contributed by atoms with Gasteiger partial charge >= 0.3 is 19.8 Å². The van der Waals surface area contributed by atoms with Crippen LogP contribution >= 0.6 is 7.82 Å². The Morgan fingerprint density at radius 3 is 2.19 bits per heavy atom. The molecule has 0 aliphatic heterocycles. The third-order valence-electron chi connectivity index (χ3n) is 3.39. The van der Waals surface area contributed by atoms with Crippen LogP contribution in [0.2, 0.25) is 0 Å². The third-order valence-corrected chi connectivity index (χ3v) is 4.37. The second-order valence-corrected chi connectivity index (χ2v) is 7.59. The van der Waals surface area contributed by atoms with Crippen molar-refractivity contribution in [1.82, 2.24) is 10.2 Å². The van der Waals surface area contributed by atoms with Crippen LogP contribution < -0.4 is 5.32 Å². The number of nitrogens with one attached hydrogen (secondary N) is 1. The molecule has 0 aromatic carbocycles. The first-order valence-corrected chi connectivity index (χ1v) is 10.8. The molecule has 0 aliphatic carbocycles. The zero-order valence-electron chi connectivity index (χ0n) is 17.9. The van der Waals surface area contributed by atoms with Crippen molar-refractivity contribution in [1.29, 1.82) is 0 Å². The largest absolute Gasteiger partial charge is 0.472 e. The number of amides is 2. The zero-order valence-corrected chi connectivity index (χ0v) is 18.8. The van der Waals surface area contributed by atoms with Gasteiger partial charge in [-0.25, -0.2) is 4.57 Å². The number of phosphoric ester groups is 1. The number of hydrogen-bond acceptors (Lipinski definition) is 9. The number of carbonyl (C=O) groups is 4. The van der Waals surface area contributed by atoms with Gasteiger partial charge in [0.25, 0.3) is 0 Å². The Bertz CT molecular complexity index is 770. The molecular weight excluding hydrogens is 447 g/mol. The van der Waals surface area contributed by atoms with E-state index in [2.05, 4.69) is 21.9 Å². The van der Waals surface area contributed by atoms with E-state index in [-0.39, 0.29) is 51.6 Å². The first-order valence-electron chi connectivity index (χ1n) is 9.34. The van der Waals surface area contributed by atoms with Crippen LogP contribution in [0, 0.1) is 24.7 Å². The first-order chi connectivity index (χ1) is 15.0. The average molecular weight is 474 g/mol. The number of hydrogen-bond donors (Lipinski definition) is 2. The van der Waals surface area contributed by atoms with Crippen LogP contribution in [0.4, 0.5) is 0 Å². The molecule has 32 heavy (non-hydrogen) atoms. The van der Waals surface area contributed by atoms with Crippen molar-refractivity contribution in [3.05, 3.63) is 0 Å². The number of terminal acetylenes is 2. The molecular formula is C19H27N2O10P. The molecule has 0 aromatic rings. The Morgan fingerprint density at radius 1 is 1.03 bits per heavy atom. The lowest BCUT2D eigenvalue weighted by Gasteiger charge is -2.19. The fourth-order valence-corrected chi connectivity index (χ4v) is 2.80. The number of nitrogens with zero attached hydrogens (tertiary/aromatic N) is 1. The number of carbonyl (C=O) groups excluding carboxylic acids is 4. The highest BCUT2D eigenvalue weighted by Gasteiger charge is 2.25. The lowest BCUT2D eigenvalue weighted by atomic mass is 10.2. The number of phosphoric acid groups is 1. The van der Waals surface area contributed by atoms with Crippen LogP contribution in [-0.4, -0.2) is 79.1 Å². The van der Waals surface area contributed by atoms with Crippen molar-refractivity contribution >= 4 is 31.6 Å². The topological polar surface area (TPSA) is 158 Å². The maximum atomic E-state index is 12.0. The van der Waals surface area contributed by atoms with Crippen LogP contribution in [0.15, 0.2) is 0 Å². The fraction of sp³-hybridized carbons (Fsp3) is 0.579. The molecule has 0 aromatic heterocycles. The van der Waals surface area contributed by atoms with Crippen molar-refractivity contribution in [3.63, 3.8) is 0 Å². The van der Waals surface area contributed by atoms with Gasteiger partial charge in [-0.05, 0) is 0 Å². The highest BCUT2D eigenvalue weighted by Crippen LogP contribution is 2.43. The normalized spacial score (nSPS) is 12.9. The lowest BCUT2D eigenvalue weighted by molar-refractivity contribution is -0.158. The predicted octanol–water partition coefficient (Wildman–Crippen LogP) is -0.394. The zero-order chi connectivity index (χ0) is 24.6. The van der Waals surface area contributed by atoms with Crippen molar-refractivity contribution in [2.75, 3.05) is 39.5 Å². The molecule has 13 heteroatoms. The molecule has 0 saturated carbocycles. The molecule has 0 spiro atoms. The van der Waals surface area contributed by atoms with Gasteiger partial charge in [0.1, 0.15) is 6.61 Å². The van der Waals surface area contributed by atoms with Crippen molar-refractivity contribution in [2.24, 2.45) is 0 Å². The Kier molecular flexibility index (Phi) is 14.4. The smallest absolute Gasteiger partial charge is 0.462 e. The van der Waals surface area contributed by atoms with E-state index in [1.807, 2.05) is 0 Å². The van der Waals surface area contributed by atoms with Crippen LogP contribution in [0.3, 0.4) is 0 Å². The van der Waals surface area contributed by atoms with Crippen molar-refractivity contribution in [3.8, 4) is 24.7 Å². The van der Waals surface area contributed by atoms with Gasteiger partial charge in [0, 0.05) is 33.2 Å². The molecule has 0 bridgehead atoms. The Morgan fingerprint density at radius 2 is 1.66 bits per heavy atom. The maximum Gasteiger partial charge on any atom is 0.472 e. The molecule has 0 fully saturated rings. The fourth-order valence-electron chi connectivity index (χ4n) is 2.05. The predicted molar refractivity (Wildman–Crippen MR) is 110 cm³/mol. The summed E-state index contributed by atoms with van der Waals surface area (Å²) in [6.07, 6.45) is 8.95. The van der Waals surface area contributed by atoms with Gasteiger partial charge in [-0.15, -0.1) is 12.8 Å². The van der Waals surface area contributed by atoms with Gasteiger partial charge in [-0.2, -0.15) is 0 Å². The van der Waals surface area contributed by atoms with Gasteiger partial charge in [-0.3, -0.25) is 28.2 Å². The van der Waals surface area contributed by atoms with Gasteiger partial charge in [0.05, 0.1) is 26.3 Å². The van der Waals surface area contributed by atoms with E-state index in [1.165, 1.54) is 4.90 Å². The Hall–Kier alpha value is -2.89. The van der Waals surface area contributed by atoms with Gasteiger partial charge < -0.3 is 24.6 Å². The minimum atomic E-state index is -4.54. The minimum absolute atomic E-state index is 0.0312. The van der Waals surface area contributed by atoms with E-state index in [0.717, 1.165) is 13.8 Å². The molecule has 0 radical (unpaired) electrons. The van der Waals surface area contributed by atoms with Crippen LogP contribution in [0.5, 0.6) is 0 Å². The van der Waals surface area contributed by atoms with Crippen molar-refractivity contribution in [2.45, 2.75) is 32.8 Å². The second kappa shape index (κ2) is 15.8. The number of rotatable bonds is 15. The standard InChI is InChI=1S/C19H27N2O10P/c1-5-10-21(11-6-2)19(25)8-7-18(24)20-9-12-29-32(26,27)30-14-17(31-16(4)23)13-28-15(3)22/h1-2,17H,7-14H2,3-4H3,(H,20,24)(H,26,27)/t17-/m1/s1. The molecule has 2 N–H and O–H groups in total. The second-order valence-electron chi connectivity index (χ2n) is 6.14. The summed E-state index contributed by atoms with van der Waals surface area (Å²) in [4.78, 5) is 56.5. The highest BCUT2D eigenvalue weighted by molar-refractivity contribution is 7.47. The molecule has 1 unspecified atom stereocenters. The Balaban J connectivity index is 4.29. The van der Waals surface area contributed by atoms with E-state index in [0.29, 0.717) is 0 Å². The van der Waals surface area contributed by atoms with Crippen LogP contribution in [-0.2, 0) is 42.3 Å². The summed E-state index contributed by atoms with van der Waals surface area (Å²) in [6, 6.07) is 0. The van der Waals surface area contributed by atoms with Crippen LogP contribution in [0.25, 0.3) is 0 Å². The summed E-state index contributed by atoms with van der Waals surface area (Å²) in [7, 11) is -4.54. The molecule has 2 atom stereocenters. The van der Waals surface area contributed by atoms with E-state index >= 15 is 0 Å². The quantitative estimate of drug-likeness (QED) is 0.139. The van der Waals surface area contributed by atoms with E-state index in [1.54, 1.807) is 0 Å². The number of esters is 2. The van der Waals surface area contributed by atoms with Gasteiger partial charge in [-0.1, -0.05) is 11.8 Å². The molecule has 0 heterocycles. The molecule has 0 saturated heterocycles. The number of ether oxygens (including phenoxy) is 2. The minimum Gasteiger partial charge on any atom is -0.462 e. The maximum absolute atomic E-state index is 12.0. The van der Waals surface area contributed by atoms with Gasteiger partial charge in [0.2, 0.25) is 11.8 Å². The van der Waals surface area contributed by atoms with Crippen molar-refractivity contribution < 1.29 is 47.2 Å². The summed E-state index contributed by atoms with van der Waals surface area (Å²) in [5, 5.41) is 2.41. The van der Waals surface area contributed by atoms with E-state index < -0.39 is 38.4 Å². The summed E-state index contributed by atoms with van der Waals surface area (Å²) >= 11 is 0. The van der Waals surface area contributed by atoms with Gasteiger partial charge in [0.15, 0.2) is 6.10 Å². The third kappa shape index (κ3) is 15.0. The highest BCUT2D eigenvalue weighted by atomic mass is 31.2. The van der Waals surface area contributed by atoms with E-state index in [4.69, 9.17) is 26.6 Å². The average Bonchev–Trinajstić information content (AvgIpc) is 2.71. The monoisotopic (exact) mass is 474 g/mol. The summed E-state index contributed by atoms with van der Waals surface area (Å²) in [5.74, 6) is 2.39. The molecule has 178 valence electrons. The molecule has 0 rings (SSSR count). The molecule has 12 nitrogen and oxygen atoms in total. The summed E-state index contributed by atoms with van der Waals surface area (Å²) in [6.45, 7) is 0.849. The van der Waals surface area contributed by atoms with E-state index in [9.17, 15) is 28.6 Å². The summed E-state index contributed by atoms with van der Waals surface area (Å²) in [5.41, 5.74) is 0. The molecule has 0 aliphatic rings. The first kappa shape index (κ1) is 29.1. The SMILES string of the molecule is C#CCN(CC#C)C(=O)CCC(=O)NCCOP(=O)(O)OC[C@@H](COC(C)=O)OC(C)=O. The molecule has 2 amide bonds. The van der Waals surface area contributed by atoms with Crippen LogP contribution in [0.1, 0.15) is 26.7 Å². The summed E-state index contributed by atoms with van der Waals surface area (Å²) < 4.78 is 30.8. The lowest BCUT2D eigenvalue weighted by Crippen LogP contribution is -2.33.